The standard InChI is InChI=1S/C24H24N4O6.C2HF3O2/c1-14-12-16(18-4-2-3-5-19(18)25-14)13-34-17-8-6-15(7-9-17)22(29)26-20-10-11-28(24(31)32)21(20)23(30)27-33;3-2(4,5)1(6)7/h2-9,12,20-21,33H,10-11,13H2,1H3,(H,26,29)(H,27,30)(H,31,32);(H,6,7)/t20-,21+;/m1./s1. The summed E-state index contributed by atoms with van der Waals surface area (Å²) in [4.78, 5) is 50.3. The number of rotatable bonds is 6. The van der Waals surface area contributed by atoms with Gasteiger partial charge in [-0.2, -0.15) is 13.2 Å². The third-order valence-electron chi connectivity index (χ3n) is 6.02. The van der Waals surface area contributed by atoms with Gasteiger partial charge in [-0.15, -0.1) is 0 Å². The van der Waals surface area contributed by atoms with E-state index in [1.54, 1.807) is 24.3 Å². The van der Waals surface area contributed by atoms with E-state index in [-0.39, 0.29) is 13.0 Å². The average Bonchev–Trinajstić information content (AvgIpc) is 3.35. The summed E-state index contributed by atoms with van der Waals surface area (Å²) in [6, 6.07) is 14.3. The molecule has 0 spiro atoms. The molecule has 4 rings (SSSR count). The number of nitrogens with one attached hydrogen (secondary N) is 2. The molecule has 5 N–H and O–H groups in total. The summed E-state index contributed by atoms with van der Waals surface area (Å²) in [7, 11) is 0. The van der Waals surface area contributed by atoms with Gasteiger partial charge >= 0.3 is 18.2 Å². The van der Waals surface area contributed by atoms with Crippen molar-refractivity contribution in [1.82, 2.24) is 20.7 Å². The van der Waals surface area contributed by atoms with Crippen molar-refractivity contribution in [2.24, 2.45) is 0 Å². The van der Waals surface area contributed by atoms with E-state index < -0.39 is 42.1 Å². The maximum Gasteiger partial charge on any atom is 0.490 e. The molecule has 2 aromatic carbocycles. The van der Waals surface area contributed by atoms with Gasteiger partial charge in [-0.3, -0.25) is 24.7 Å². The van der Waals surface area contributed by atoms with Crippen molar-refractivity contribution in [2.75, 3.05) is 6.54 Å². The zero-order valence-electron chi connectivity index (χ0n) is 21.4. The van der Waals surface area contributed by atoms with Crippen molar-refractivity contribution >= 4 is 34.8 Å². The Balaban J connectivity index is 0.000000587. The van der Waals surface area contributed by atoms with Crippen LogP contribution in [0, 0.1) is 6.92 Å². The quantitative estimate of drug-likeness (QED) is 0.217. The molecule has 1 fully saturated rings. The number of pyridine rings is 1. The number of hydrogen-bond acceptors (Lipinski definition) is 7. The Bertz CT molecular complexity index is 1430. The Hall–Kier alpha value is -4.92. The second-order valence-corrected chi connectivity index (χ2v) is 8.82. The Labute approximate surface area is 230 Å². The summed E-state index contributed by atoms with van der Waals surface area (Å²) in [6.45, 7) is 2.33. The molecule has 2 heterocycles. The summed E-state index contributed by atoms with van der Waals surface area (Å²) >= 11 is 0. The first-order chi connectivity index (χ1) is 19.3. The van der Waals surface area contributed by atoms with Crippen LogP contribution in [0.5, 0.6) is 5.75 Å². The van der Waals surface area contributed by atoms with Crippen LogP contribution in [0.4, 0.5) is 18.0 Å². The molecule has 41 heavy (non-hydrogen) atoms. The number of para-hydroxylation sites is 1. The van der Waals surface area contributed by atoms with Crippen molar-refractivity contribution < 1.29 is 52.5 Å². The van der Waals surface area contributed by atoms with Crippen molar-refractivity contribution in [1.29, 1.82) is 0 Å². The molecule has 3 aromatic rings. The van der Waals surface area contributed by atoms with Gasteiger partial charge < -0.3 is 20.3 Å². The molecule has 1 aromatic heterocycles. The van der Waals surface area contributed by atoms with E-state index in [2.05, 4.69) is 10.3 Å². The SMILES string of the molecule is Cc1cc(COc2ccc(C(=O)N[C@@H]3CCN(C(=O)O)[C@@H]3C(=O)NO)cc2)c2ccccc2n1.O=C(O)C(F)(F)F. The fraction of sp³-hybridized carbons (Fsp3) is 0.269. The van der Waals surface area contributed by atoms with Gasteiger partial charge in [-0.25, -0.2) is 15.1 Å². The van der Waals surface area contributed by atoms with E-state index in [1.807, 2.05) is 37.3 Å². The molecule has 15 heteroatoms. The van der Waals surface area contributed by atoms with Gasteiger partial charge in [0.05, 0.1) is 11.6 Å². The van der Waals surface area contributed by atoms with E-state index in [4.69, 9.17) is 19.8 Å². The number of amides is 3. The Morgan fingerprint density at radius 2 is 1.71 bits per heavy atom. The van der Waals surface area contributed by atoms with Crippen molar-refractivity contribution in [3.05, 3.63) is 71.4 Å². The number of ether oxygens (including phenoxy) is 1. The number of benzene rings is 2. The van der Waals surface area contributed by atoms with E-state index in [0.717, 1.165) is 27.1 Å². The van der Waals surface area contributed by atoms with Crippen LogP contribution >= 0.6 is 0 Å². The van der Waals surface area contributed by atoms with Crippen LogP contribution in [-0.4, -0.2) is 74.0 Å². The largest absolute Gasteiger partial charge is 0.490 e. The van der Waals surface area contributed by atoms with E-state index in [9.17, 15) is 32.7 Å². The third-order valence-corrected chi connectivity index (χ3v) is 6.02. The summed E-state index contributed by atoms with van der Waals surface area (Å²) in [5.74, 6) is -3.54. The van der Waals surface area contributed by atoms with Gasteiger partial charge in [0.1, 0.15) is 18.4 Å². The number of aliphatic carboxylic acids is 1. The third kappa shape index (κ3) is 7.82. The molecule has 1 aliphatic rings. The second kappa shape index (κ2) is 13.0. The number of carboxylic acids is 1. The fourth-order valence-electron chi connectivity index (χ4n) is 4.18. The zero-order chi connectivity index (χ0) is 30.3. The number of carbonyl (C=O) groups excluding carboxylic acids is 2. The molecule has 0 saturated carbocycles. The number of alkyl halides is 3. The number of hydrogen-bond donors (Lipinski definition) is 5. The van der Waals surface area contributed by atoms with E-state index >= 15 is 0 Å². The fourth-order valence-corrected chi connectivity index (χ4v) is 4.18. The number of halogens is 3. The predicted molar refractivity (Wildman–Crippen MR) is 135 cm³/mol. The first-order valence-corrected chi connectivity index (χ1v) is 11.9. The van der Waals surface area contributed by atoms with Crippen LogP contribution in [0.15, 0.2) is 54.6 Å². The molecule has 3 amide bonds. The van der Waals surface area contributed by atoms with Gasteiger partial charge in [0.2, 0.25) is 0 Å². The number of hydroxylamine groups is 1. The monoisotopic (exact) mass is 578 g/mol. The number of carboxylic acid groups (broad SMARTS) is 2. The second-order valence-electron chi connectivity index (χ2n) is 8.82. The molecule has 0 bridgehead atoms. The molecule has 2 atom stereocenters. The maximum absolute atomic E-state index is 12.7. The Morgan fingerprint density at radius 3 is 2.29 bits per heavy atom. The van der Waals surface area contributed by atoms with E-state index in [1.165, 1.54) is 5.48 Å². The maximum atomic E-state index is 12.7. The zero-order valence-corrected chi connectivity index (χ0v) is 21.4. The Kier molecular flexibility index (Phi) is 9.67. The normalized spacial score (nSPS) is 16.4. The lowest BCUT2D eigenvalue weighted by atomic mass is 10.1. The average molecular weight is 579 g/mol. The van der Waals surface area contributed by atoms with Gasteiger partial charge in [-0.05, 0) is 49.7 Å². The number of aromatic nitrogens is 1. The molecule has 12 nitrogen and oxygen atoms in total. The number of nitrogens with zero attached hydrogens (tertiary/aromatic N) is 2. The van der Waals surface area contributed by atoms with Gasteiger partial charge in [0.15, 0.2) is 0 Å². The lowest BCUT2D eigenvalue weighted by Crippen LogP contribution is -2.54. The van der Waals surface area contributed by atoms with Crippen LogP contribution in [0.25, 0.3) is 10.9 Å². The van der Waals surface area contributed by atoms with Crippen molar-refractivity contribution in [2.45, 2.75) is 38.2 Å². The van der Waals surface area contributed by atoms with Gasteiger partial charge in [0, 0.05) is 28.8 Å². The summed E-state index contributed by atoms with van der Waals surface area (Å²) < 4.78 is 37.7. The first-order valence-electron chi connectivity index (χ1n) is 11.9. The van der Waals surface area contributed by atoms with Crippen LogP contribution in [0.2, 0.25) is 0 Å². The van der Waals surface area contributed by atoms with E-state index in [0.29, 0.717) is 17.9 Å². The predicted octanol–water partition coefficient (Wildman–Crippen LogP) is 3.11. The minimum Gasteiger partial charge on any atom is -0.489 e. The Morgan fingerprint density at radius 1 is 1.07 bits per heavy atom. The van der Waals surface area contributed by atoms with Crippen LogP contribution in [0.1, 0.15) is 28.0 Å². The lowest BCUT2D eigenvalue weighted by molar-refractivity contribution is -0.192. The molecule has 0 unspecified atom stereocenters. The van der Waals surface area contributed by atoms with Gasteiger partial charge in [-0.1, -0.05) is 18.2 Å². The van der Waals surface area contributed by atoms with Crippen molar-refractivity contribution in [3.63, 3.8) is 0 Å². The molecule has 218 valence electrons. The van der Waals surface area contributed by atoms with Crippen LogP contribution in [0.3, 0.4) is 0 Å². The lowest BCUT2D eigenvalue weighted by Gasteiger charge is -2.24. The number of aryl methyl sites for hydroxylation is 1. The summed E-state index contributed by atoms with van der Waals surface area (Å²) in [5.41, 5.74) is 4.59. The first kappa shape index (κ1) is 30.6. The molecule has 0 aliphatic carbocycles. The highest BCUT2D eigenvalue weighted by molar-refractivity contribution is 5.95. The molecular weight excluding hydrogens is 553 g/mol. The number of carbonyl (C=O) groups is 4. The minimum atomic E-state index is -5.08. The number of fused-ring (bicyclic) bond motifs is 1. The smallest absolute Gasteiger partial charge is 0.489 e. The van der Waals surface area contributed by atoms with Crippen LogP contribution < -0.4 is 15.5 Å². The summed E-state index contributed by atoms with van der Waals surface area (Å²) in [5, 5.41) is 29.0. The van der Waals surface area contributed by atoms with Crippen molar-refractivity contribution in [3.8, 4) is 5.75 Å². The highest BCUT2D eigenvalue weighted by Gasteiger charge is 2.43. The molecule has 0 radical (unpaired) electrons. The highest BCUT2D eigenvalue weighted by Crippen LogP contribution is 2.22. The van der Waals surface area contributed by atoms with Crippen LogP contribution in [-0.2, 0) is 16.2 Å². The molecular formula is C26H25F3N4O8. The number of likely N-dealkylation sites (tertiary alicyclic amines) is 1. The molecule has 1 saturated heterocycles. The minimum absolute atomic E-state index is 0.0638. The topological polar surface area (TPSA) is 178 Å². The molecule has 1 aliphatic heterocycles. The van der Waals surface area contributed by atoms with Gasteiger partial charge in [0.25, 0.3) is 11.8 Å². The summed E-state index contributed by atoms with van der Waals surface area (Å²) in [6.07, 6.45) is -6.14. The highest BCUT2D eigenvalue weighted by atomic mass is 19.4.